The Morgan fingerprint density at radius 1 is 1.21 bits per heavy atom. The second kappa shape index (κ2) is 11.3. The van der Waals surface area contributed by atoms with Gasteiger partial charge in [-0.25, -0.2) is 15.0 Å². The van der Waals surface area contributed by atoms with E-state index in [1.807, 2.05) is 20.2 Å². The highest BCUT2D eigenvalue weighted by Crippen LogP contribution is 2.18. The first-order chi connectivity index (χ1) is 13.5. The molecule has 2 unspecified atom stereocenters. The molecule has 2 atom stereocenters. The Kier molecular flexibility index (Phi) is 9.08. The average molecular weight is 514 g/mol. The smallest absolute Gasteiger partial charge is 0.191 e. The number of aromatic nitrogens is 4. The quantitative estimate of drug-likeness (QED) is 0.345. The van der Waals surface area contributed by atoms with Crippen LogP contribution in [0.1, 0.15) is 32.2 Å². The summed E-state index contributed by atoms with van der Waals surface area (Å²) in [4.78, 5) is 15.8. The summed E-state index contributed by atoms with van der Waals surface area (Å²) in [5.74, 6) is 2.58. The van der Waals surface area contributed by atoms with Crippen molar-refractivity contribution in [3.05, 3.63) is 36.0 Å². The third-order valence-corrected chi connectivity index (χ3v) is 4.54. The van der Waals surface area contributed by atoms with E-state index in [9.17, 15) is 0 Å². The molecule has 2 aromatic rings. The molecule has 0 aliphatic carbocycles. The van der Waals surface area contributed by atoms with E-state index in [1.54, 1.807) is 11.0 Å². The van der Waals surface area contributed by atoms with Gasteiger partial charge in [-0.3, -0.25) is 4.68 Å². The Bertz CT molecular complexity index is 769. The van der Waals surface area contributed by atoms with Crippen LogP contribution in [0.3, 0.4) is 0 Å². The third-order valence-electron chi connectivity index (χ3n) is 4.54. The third kappa shape index (κ3) is 6.81. The van der Waals surface area contributed by atoms with Gasteiger partial charge in [-0.2, -0.15) is 5.10 Å². The Hall–Kier alpha value is -1.95. The van der Waals surface area contributed by atoms with Crippen molar-refractivity contribution in [2.75, 3.05) is 24.5 Å². The molecule has 29 heavy (non-hydrogen) atoms. The predicted molar refractivity (Wildman–Crippen MR) is 125 cm³/mol. The molecule has 2 N–H and O–H groups in total. The van der Waals surface area contributed by atoms with Crippen molar-refractivity contribution < 1.29 is 4.74 Å². The molecule has 0 radical (unpaired) electrons. The van der Waals surface area contributed by atoms with Gasteiger partial charge in [0.1, 0.15) is 18.0 Å². The number of pyridine rings is 1. The van der Waals surface area contributed by atoms with Gasteiger partial charge in [-0.05, 0) is 32.4 Å². The zero-order chi connectivity index (χ0) is 19.9. The van der Waals surface area contributed by atoms with E-state index < -0.39 is 0 Å². The summed E-state index contributed by atoms with van der Waals surface area (Å²) in [6.45, 7) is 9.88. The van der Waals surface area contributed by atoms with Crippen molar-refractivity contribution in [1.82, 2.24) is 30.4 Å². The Morgan fingerprint density at radius 3 is 2.55 bits per heavy atom. The molecule has 0 amide bonds. The lowest BCUT2D eigenvalue weighted by atomic mass is 10.2. The number of aryl methyl sites for hydroxylation is 1. The van der Waals surface area contributed by atoms with Crippen LogP contribution < -0.4 is 15.5 Å². The van der Waals surface area contributed by atoms with Crippen LogP contribution in [-0.4, -0.2) is 57.6 Å². The monoisotopic (exact) mass is 514 g/mol. The van der Waals surface area contributed by atoms with Gasteiger partial charge in [0.15, 0.2) is 5.96 Å². The lowest BCUT2D eigenvalue weighted by molar-refractivity contribution is -0.00545. The van der Waals surface area contributed by atoms with Gasteiger partial charge in [-0.15, -0.1) is 24.0 Å². The first-order valence-electron chi connectivity index (χ1n) is 9.75. The van der Waals surface area contributed by atoms with Crippen molar-refractivity contribution in [2.24, 2.45) is 12.0 Å². The molecule has 3 rings (SSSR count). The number of halogens is 1. The van der Waals surface area contributed by atoms with Gasteiger partial charge < -0.3 is 20.3 Å². The largest absolute Gasteiger partial charge is 0.372 e. The second-order valence-corrected chi connectivity index (χ2v) is 7.04. The summed E-state index contributed by atoms with van der Waals surface area (Å²) in [6.07, 6.45) is 3.88. The SMILES string of the molecule is CCNC(=NCc1ccc(N2CC(C)OC(C)C2)nc1)NCc1ncnn1C.I. The molecule has 9 nitrogen and oxygen atoms in total. The Labute approximate surface area is 189 Å². The van der Waals surface area contributed by atoms with E-state index >= 15 is 0 Å². The molecule has 3 heterocycles. The molecule has 2 aromatic heterocycles. The number of nitrogens with zero attached hydrogens (tertiary/aromatic N) is 6. The van der Waals surface area contributed by atoms with Crippen LogP contribution in [0.15, 0.2) is 29.6 Å². The van der Waals surface area contributed by atoms with E-state index in [0.717, 1.165) is 42.8 Å². The minimum Gasteiger partial charge on any atom is -0.372 e. The summed E-state index contributed by atoms with van der Waals surface area (Å²) < 4.78 is 7.54. The van der Waals surface area contributed by atoms with Gasteiger partial charge in [-0.1, -0.05) is 6.07 Å². The van der Waals surface area contributed by atoms with Crippen molar-refractivity contribution in [1.29, 1.82) is 0 Å². The fourth-order valence-corrected chi connectivity index (χ4v) is 3.22. The molecule has 1 saturated heterocycles. The maximum absolute atomic E-state index is 5.80. The molecule has 1 fully saturated rings. The van der Waals surface area contributed by atoms with Crippen LogP contribution in [0.25, 0.3) is 0 Å². The predicted octanol–water partition coefficient (Wildman–Crippen LogP) is 1.70. The van der Waals surface area contributed by atoms with E-state index in [4.69, 9.17) is 4.74 Å². The van der Waals surface area contributed by atoms with E-state index in [1.165, 1.54) is 0 Å². The Balaban J connectivity index is 0.00000300. The lowest BCUT2D eigenvalue weighted by Gasteiger charge is -2.36. The van der Waals surface area contributed by atoms with Crippen molar-refractivity contribution >= 4 is 35.8 Å². The van der Waals surface area contributed by atoms with Crippen LogP contribution in [0.2, 0.25) is 0 Å². The van der Waals surface area contributed by atoms with Crippen molar-refractivity contribution in [3.8, 4) is 0 Å². The summed E-state index contributed by atoms with van der Waals surface area (Å²) in [6, 6.07) is 4.15. The molecule has 160 valence electrons. The van der Waals surface area contributed by atoms with Crippen LogP contribution >= 0.6 is 24.0 Å². The first kappa shape index (κ1) is 23.3. The summed E-state index contributed by atoms with van der Waals surface area (Å²) in [7, 11) is 1.87. The number of guanidine groups is 1. The fraction of sp³-hybridized carbons (Fsp3) is 0.579. The molecule has 10 heteroatoms. The Morgan fingerprint density at radius 2 is 1.97 bits per heavy atom. The number of ether oxygens (including phenoxy) is 1. The molecule has 0 spiro atoms. The van der Waals surface area contributed by atoms with Crippen LogP contribution in [0, 0.1) is 0 Å². The topological polar surface area (TPSA) is 92.5 Å². The zero-order valence-corrected chi connectivity index (χ0v) is 19.8. The molecule has 0 bridgehead atoms. The standard InChI is InChI=1S/C19H30N8O.HI/c1-5-20-19(23-10-18-24-13-25-26(18)4)22-9-16-6-7-17(21-8-16)27-11-14(2)28-15(3)12-27;/h6-8,13-15H,5,9-12H2,1-4H3,(H2,20,22,23);1H. The maximum atomic E-state index is 5.80. The normalized spacial score (nSPS) is 19.6. The highest BCUT2D eigenvalue weighted by molar-refractivity contribution is 14.0. The number of morpholine rings is 1. The highest BCUT2D eigenvalue weighted by atomic mass is 127. The zero-order valence-electron chi connectivity index (χ0n) is 17.5. The molecule has 0 aromatic carbocycles. The fourth-order valence-electron chi connectivity index (χ4n) is 3.22. The van der Waals surface area contributed by atoms with Crippen LogP contribution in [0.4, 0.5) is 5.82 Å². The molecular formula is C19H31IN8O. The van der Waals surface area contributed by atoms with E-state index in [0.29, 0.717) is 13.1 Å². The molecule has 0 saturated carbocycles. The van der Waals surface area contributed by atoms with Crippen LogP contribution in [-0.2, 0) is 24.9 Å². The van der Waals surface area contributed by atoms with Crippen molar-refractivity contribution in [3.63, 3.8) is 0 Å². The number of hydrogen-bond acceptors (Lipinski definition) is 6. The molecular weight excluding hydrogens is 483 g/mol. The maximum Gasteiger partial charge on any atom is 0.191 e. The van der Waals surface area contributed by atoms with Gasteiger partial charge in [0.05, 0.1) is 25.3 Å². The molecule has 1 aliphatic heterocycles. The number of rotatable bonds is 6. The molecule has 1 aliphatic rings. The van der Waals surface area contributed by atoms with E-state index in [2.05, 4.69) is 61.6 Å². The van der Waals surface area contributed by atoms with Crippen molar-refractivity contribution in [2.45, 2.75) is 46.1 Å². The first-order valence-corrected chi connectivity index (χ1v) is 9.75. The van der Waals surface area contributed by atoms with Gasteiger partial charge in [0, 0.05) is 32.9 Å². The number of aliphatic imine (C=N–C) groups is 1. The van der Waals surface area contributed by atoms with E-state index in [-0.39, 0.29) is 36.2 Å². The summed E-state index contributed by atoms with van der Waals surface area (Å²) in [5, 5.41) is 10.6. The minimum atomic E-state index is 0. The highest BCUT2D eigenvalue weighted by Gasteiger charge is 2.22. The van der Waals surface area contributed by atoms with Gasteiger partial charge >= 0.3 is 0 Å². The van der Waals surface area contributed by atoms with Gasteiger partial charge in [0.2, 0.25) is 0 Å². The average Bonchev–Trinajstić information content (AvgIpc) is 3.08. The summed E-state index contributed by atoms with van der Waals surface area (Å²) >= 11 is 0. The second-order valence-electron chi connectivity index (χ2n) is 7.04. The van der Waals surface area contributed by atoms with Gasteiger partial charge in [0.25, 0.3) is 0 Å². The van der Waals surface area contributed by atoms with Crippen LogP contribution in [0.5, 0.6) is 0 Å². The summed E-state index contributed by atoms with van der Waals surface area (Å²) in [5.41, 5.74) is 1.06. The number of hydrogen-bond donors (Lipinski definition) is 2. The minimum absolute atomic E-state index is 0. The lowest BCUT2D eigenvalue weighted by Crippen LogP contribution is -2.45. The number of nitrogens with one attached hydrogen (secondary N) is 2. The number of anilines is 1.